The molecule has 4 heteroatoms. The van der Waals surface area contributed by atoms with Gasteiger partial charge in [0.05, 0.1) is 33.0 Å². The molecule has 0 fully saturated rings. The fourth-order valence-electron chi connectivity index (χ4n) is 7.72. The van der Waals surface area contributed by atoms with E-state index in [1.807, 2.05) is 47.0 Å². The lowest BCUT2D eigenvalue weighted by molar-refractivity contribution is 1.06. The fraction of sp³-hybridized carbons (Fsp3) is 0. The van der Waals surface area contributed by atoms with Gasteiger partial charge in [0.15, 0.2) is 0 Å². The van der Waals surface area contributed by atoms with Crippen molar-refractivity contribution in [3.63, 3.8) is 0 Å². The van der Waals surface area contributed by atoms with Gasteiger partial charge in [0, 0.05) is 49.4 Å². The van der Waals surface area contributed by atoms with E-state index in [1.165, 1.54) is 5.39 Å². The minimum Gasteiger partial charge on any atom is -0.309 e. The van der Waals surface area contributed by atoms with E-state index in [1.54, 1.807) is 0 Å². The van der Waals surface area contributed by atoms with Crippen LogP contribution in [0, 0.1) is 0 Å². The third kappa shape index (κ3) is 3.55. The minimum absolute atomic E-state index is 0.0350. The van der Waals surface area contributed by atoms with Gasteiger partial charge in [-0.05, 0) is 60.7 Å². The highest BCUT2D eigenvalue weighted by Crippen LogP contribution is 2.43. The van der Waals surface area contributed by atoms with Crippen LogP contribution in [0.4, 0.5) is 0 Å². The summed E-state index contributed by atoms with van der Waals surface area (Å²) in [6.45, 7) is 0. The minimum atomic E-state index is -0.0350. The Hall–Kier alpha value is -6.39. The smallest absolute Gasteiger partial charge is 0.263 e. The fourth-order valence-corrected chi connectivity index (χ4v) is 7.72. The molecule has 0 bridgehead atoms. The molecule has 3 heterocycles. The molecule has 4 nitrogen and oxygen atoms in total. The maximum Gasteiger partial charge on any atom is 0.263 e. The lowest BCUT2D eigenvalue weighted by Crippen LogP contribution is -2.19. The summed E-state index contributed by atoms with van der Waals surface area (Å²) in [5, 5.41) is 7.29. The molecule has 0 spiro atoms. The van der Waals surface area contributed by atoms with Crippen molar-refractivity contribution >= 4 is 65.3 Å². The van der Waals surface area contributed by atoms with Crippen LogP contribution in [0.2, 0.25) is 0 Å². The second-order valence-electron chi connectivity index (χ2n) is 12.1. The molecule has 7 aromatic carbocycles. The summed E-state index contributed by atoms with van der Waals surface area (Å²) in [6.07, 6.45) is 0. The van der Waals surface area contributed by atoms with Gasteiger partial charge in [-0.15, -0.1) is 0 Å². The van der Waals surface area contributed by atoms with Crippen LogP contribution < -0.4 is 5.56 Å². The molecule has 0 aliphatic rings. The summed E-state index contributed by atoms with van der Waals surface area (Å²) in [7, 11) is 0. The number of rotatable bonds is 3. The molecule has 0 unspecified atom stereocenters. The van der Waals surface area contributed by atoms with Crippen LogP contribution in [0.25, 0.3) is 82.3 Å². The molecule has 220 valence electrons. The summed E-state index contributed by atoms with van der Waals surface area (Å²) >= 11 is 0. The number of hydrogen-bond acceptors (Lipinski definition) is 1. The van der Waals surface area contributed by atoms with E-state index in [-0.39, 0.29) is 5.56 Å². The molecule has 0 saturated carbocycles. The molecular weight excluding hydrogens is 574 g/mol. The van der Waals surface area contributed by atoms with Gasteiger partial charge in [-0.2, -0.15) is 0 Å². The Balaban J connectivity index is 1.57. The highest BCUT2D eigenvalue weighted by molar-refractivity contribution is 6.31. The number of para-hydroxylation sites is 5. The molecule has 0 N–H and O–H groups in total. The van der Waals surface area contributed by atoms with Gasteiger partial charge < -0.3 is 9.13 Å². The lowest BCUT2D eigenvalue weighted by atomic mass is 9.99. The Bertz CT molecular complexity index is 2900. The molecule has 10 rings (SSSR count). The van der Waals surface area contributed by atoms with Gasteiger partial charge in [-0.3, -0.25) is 9.36 Å². The molecule has 47 heavy (non-hydrogen) atoms. The van der Waals surface area contributed by atoms with Crippen molar-refractivity contribution in [2.24, 2.45) is 0 Å². The lowest BCUT2D eigenvalue weighted by Gasteiger charge is -2.18. The van der Waals surface area contributed by atoms with Gasteiger partial charge in [-0.25, -0.2) is 0 Å². The third-order valence-electron chi connectivity index (χ3n) is 9.62. The molecule has 0 amide bonds. The van der Waals surface area contributed by atoms with Gasteiger partial charge >= 0.3 is 0 Å². The topological polar surface area (TPSA) is 31.9 Å². The Kier molecular flexibility index (Phi) is 5.40. The van der Waals surface area contributed by atoms with E-state index < -0.39 is 0 Å². The van der Waals surface area contributed by atoms with Crippen molar-refractivity contribution in [1.82, 2.24) is 13.7 Å². The quantitative estimate of drug-likeness (QED) is 0.185. The van der Waals surface area contributed by atoms with E-state index in [9.17, 15) is 4.79 Å². The number of aromatic nitrogens is 3. The van der Waals surface area contributed by atoms with Gasteiger partial charge in [0.2, 0.25) is 0 Å². The van der Waals surface area contributed by atoms with E-state index in [4.69, 9.17) is 0 Å². The SMILES string of the molecule is O=c1c2ccc3c4ccccc4n(-c4ccccc4)c3c2c2c(ccc3c4ccccc4n(-c4ccccc4)c32)n1-c1ccccc1. The van der Waals surface area contributed by atoms with Gasteiger partial charge in [0.25, 0.3) is 5.56 Å². The van der Waals surface area contributed by atoms with E-state index in [0.29, 0.717) is 5.39 Å². The molecule has 0 radical (unpaired) electrons. The first-order valence-electron chi connectivity index (χ1n) is 15.9. The zero-order valence-electron chi connectivity index (χ0n) is 25.3. The largest absolute Gasteiger partial charge is 0.309 e. The molecular formula is C43H27N3O. The molecule has 0 aliphatic carbocycles. The average Bonchev–Trinajstić information content (AvgIpc) is 3.66. The summed E-state index contributed by atoms with van der Waals surface area (Å²) in [5.74, 6) is 0. The van der Waals surface area contributed by atoms with Crippen LogP contribution >= 0.6 is 0 Å². The Morgan fingerprint density at radius 2 is 0.702 bits per heavy atom. The first kappa shape index (κ1) is 25.9. The molecule has 0 aliphatic heterocycles. The molecule has 3 aromatic heterocycles. The van der Waals surface area contributed by atoms with Crippen molar-refractivity contribution in [3.05, 3.63) is 174 Å². The first-order valence-corrected chi connectivity index (χ1v) is 15.9. The first-order chi connectivity index (χ1) is 23.3. The van der Waals surface area contributed by atoms with Crippen molar-refractivity contribution in [1.29, 1.82) is 0 Å². The molecule has 0 saturated heterocycles. The van der Waals surface area contributed by atoms with Crippen LogP contribution in [-0.2, 0) is 0 Å². The Labute approximate surface area is 269 Å². The Morgan fingerprint density at radius 1 is 0.298 bits per heavy atom. The molecule has 0 atom stereocenters. The summed E-state index contributed by atoms with van der Waals surface area (Å²) in [5.41, 5.74) is 8.17. The normalized spacial score (nSPS) is 11.9. The highest BCUT2D eigenvalue weighted by Gasteiger charge is 2.24. The van der Waals surface area contributed by atoms with Gasteiger partial charge in [-0.1, -0.05) is 103 Å². The van der Waals surface area contributed by atoms with Crippen LogP contribution in [0.1, 0.15) is 0 Å². The Morgan fingerprint density at radius 3 is 1.23 bits per heavy atom. The number of hydrogen-bond donors (Lipinski definition) is 0. The summed E-state index contributed by atoms with van der Waals surface area (Å²) in [4.78, 5) is 14.9. The standard InChI is InChI=1S/C43H27N3O/c47-43-35-25-24-33-31-20-10-12-22-36(31)44(28-14-4-1-5-15-28)41(33)39(35)40-38(46(43)30-18-8-3-9-19-30)27-26-34-32-21-11-13-23-37(32)45(42(34)40)29-16-6-2-7-17-29/h1-27H. The van der Waals surface area contributed by atoms with E-state index in [2.05, 4.69) is 130 Å². The van der Waals surface area contributed by atoms with Crippen LogP contribution in [0.5, 0.6) is 0 Å². The maximum atomic E-state index is 14.9. The van der Waals surface area contributed by atoms with Gasteiger partial charge in [0.1, 0.15) is 0 Å². The number of pyridine rings is 1. The van der Waals surface area contributed by atoms with Crippen molar-refractivity contribution in [2.75, 3.05) is 0 Å². The third-order valence-corrected chi connectivity index (χ3v) is 9.62. The number of fused-ring (bicyclic) bond motifs is 11. The van der Waals surface area contributed by atoms with E-state index in [0.717, 1.165) is 71.6 Å². The monoisotopic (exact) mass is 601 g/mol. The highest BCUT2D eigenvalue weighted by atomic mass is 16.1. The predicted octanol–water partition coefficient (Wildman–Crippen LogP) is 10.3. The average molecular weight is 602 g/mol. The van der Waals surface area contributed by atoms with Crippen LogP contribution in [0.15, 0.2) is 169 Å². The van der Waals surface area contributed by atoms with Crippen LogP contribution in [-0.4, -0.2) is 13.7 Å². The second kappa shape index (κ2) is 9.80. The van der Waals surface area contributed by atoms with Crippen molar-refractivity contribution in [2.45, 2.75) is 0 Å². The molecule has 10 aromatic rings. The maximum absolute atomic E-state index is 14.9. The van der Waals surface area contributed by atoms with Crippen molar-refractivity contribution in [3.8, 4) is 17.1 Å². The number of nitrogens with zero attached hydrogens (tertiary/aromatic N) is 3. The number of benzene rings is 7. The summed E-state index contributed by atoms with van der Waals surface area (Å²) in [6, 6.07) is 56.7. The predicted molar refractivity (Wildman–Crippen MR) is 196 cm³/mol. The van der Waals surface area contributed by atoms with Crippen molar-refractivity contribution < 1.29 is 0 Å². The summed E-state index contributed by atoms with van der Waals surface area (Å²) < 4.78 is 6.61. The van der Waals surface area contributed by atoms with Crippen LogP contribution in [0.3, 0.4) is 0 Å². The van der Waals surface area contributed by atoms with E-state index >= 15 is 0 Å². The zero-order chi connectivity index (χ0) is 31.1. The zero-order valence-corrected chi connectivity index (χ0v) is 25.3. The second-order valence-corrected chi connectivity index (χ2v) is 12.1.